The van der Waals surface area contributed by atoms with Crippen molar-refractivity contribution in [2.75, 3.05) is 6.54 Å². The van der Waals surface area contributed by atoms with Crippen LogP contribution in [0.3, 0.4) is 0 Å². The number of hydrogen-bond donors (Lipinski definition) is 2. The van der Waals surface area contributed by atoms with E-state index in [1.165, 1.54) is 0 Å². The summed E-state index contributed by atoms with van der Waals surface area (Å²) in [6, 6.07) is 0. The van der Waals surface area contributed by atoms with Crippen molar-refractivity contribution >= 4 is 11.8 Å². The van der Waals surface area contributed by atoms with Gasteiger partial charge >= 0.3 is 0 Å². The van der Waals surface area contributed by atoms with E-state index in [1.807, 2.05) is 0 Å². The van der Waals surface area contributed by atoms with E-state index in [4.69, 9.17) is 0 Å². The molecule has 3 aliphatic rings. The van der Waals surface area contributed by atoms with Gasteiger partial charge in [0, 0.05) is 0 Å². The van der Waals surface area contributed by atoms with Crippen molar-refractivity contribution in [3.63, 3.8) is 0 Å². The average molecular weight is 166 g/mol. The van der Waals surface area contributed by atoms with Crippen molar-refractivity contribution in [1.29, 1.82) is 0 Å². The molecule has 2 N–H and O–H groups in total. The molecular formula is C8H10N2O2. The monoisotopic (exact) mass is 166 g/mol. The Morgan fingerprint density at radius 3 is 2.92 bits per heavy atom. The van der Waals surface area contributed by atoms with Crippen LogP contribution in [0.5, 0.6) is 0 Å². The van der Waals surface area contributed by atoms with Gasteiger partial charge in [-0.3, -0.25) is 14.9 Å². The quantitative estimate of drug-likeness (QED) is 0.454. The molecule has 3 fully saturated rings. The maximum atomic E-state index is 11.5. The second-order valence-corrected chi connectivity index (χ2v) is 3.89. The molecule has 64 valence electrons. The highest BCUT2D eigenvalue weighted by molar-refractivity contribution is 6.11. The third-order valence-electron chi connectivity index (χ3n) is 3.55. The molecule has 2 amide bonds. The van der Waals surface area contributed by atoms with E-state index in [0.717, 1.165) is 19.4 Å². The number of hydrogen-bond acceptors (Lipinski definition) is 3. The number of rotatable bonds is 0. The van der Waals surface area contributed by atoms with Crippen LogP contribution in [0, 0.1) is 11.8 Å². The van der Waals surface area contributed by atoms with Crippen molar-refractivity contribution < 1.29 is 9.59 Å². The van der Waals surface area contributed by atoms with Gasteiger partial charge in [-0.1, -0.05) is 0 Å². The van der Waals surface area contributed by atoms with Crippen LogP contribution in [0.2, 0.25) is 0 Å². The van der Waals surface area contributed by atoms with Crippen LogP contribution in [0.25, 0.3) is 0 Å². The molecular weight excluding hydrogens is 156 g/mol. The Morgan fingerprint density at radius 1 is 1.42 bits per heavy atom. The van der Waals surface area contributed by atoms with Crippen LogP contribution in [0.1, 0.15) is 12.8 Å². The van der Waals surface area contributed by atoms with Crippen molar-refractivity contribution in [3.05, 3.63) is 0 Å². The molecule has 3 atom stereocenters. The average Bonchev–Trinajstić information content (AvgIpc) is 2.37. The number of nitrogens with one attached hydrogen (secondary N) is 2. The highest BCUT2D eigenvalue weighted by atomic mass is 16.2. The Bertz CT molecular complexity index is 289. The third kappa shape index (κ3) is 0.458. The summed E-state index contributed by atoms with van der Waals surface area (Å²) in [6.45, 7) is 0.877. The molecule has 0 aromatic carbocycles. The molecule has 2 heterocycles. The fraction of sp³-hybridized carbons (Fsp3) is 0.750. The molecule has 12 heavy (non-hydrogen) atoms. The Morgan fingerprint density at radius 2 is 2.25 bits per heavy atom. The summed E-state index contributed by atoms with van der Waals surface area (Å²) in [4.78, 5) is 22.7. The maximum Gasteiger partial charge on any atom is 0.247 e. The Kier molecular flexibility index (Phi) is 0.942. The molecule has 1 aliphatic carbocycles. The summed E-state index contributed by atoms with van der Waals surface area (Å²) < 4.78 is 0. The van der Waals surface area contributed by atoms with Crippen LogP contribution in [0.15, 0.2) is 0 Å². The molecule has 0 aromatic rings. The third-order valence-corrected chi connectivity index (χ3v) is 3.55. The highest BCUT2D eigenvalue weighted by Gasteiger charge is 2.68. The van der Waals surface area contributed by atoms with Crippen LogP contribution in [-0.2, 0) is 9.59 Å². The smallest absolute Gasteiger partial charge is 0.247 e. The molecule has 2 aliphatic heterocycles. The van der Waals surface area contributed by atoms with E-state index in [1.54, 1.807) is 0 Å². The largest absolute Gasteiger partial charge is 0.302 e. The zero-order valence-electron chi connectivity index (χ0n) is 6.59. The first kappa shape index (κ1) is 6.60. The molecule has 4 nitrogen and oxygen atoms in total. The van der Waals surface area contributed by atoms with Crippen LogP contribution >= 0.6 is 0 Å². The lowest BCUT2D eigenvalue weighted by atomic mass is 9.61. The summed E-state index contributed by atoms with van der Waals surface area (Å²) in [6.07, 6.45) is 1.93. The van der Waals surface area contributed by atoms with Crippen molar-refractivity contribution in [1.82, 2.24) is 10.6 Å². The van der Waals surface area contributed by atoms with Gasteiger partial charge in [0.25, 0.3) is 0 Å². The predicted molar refractivity (Wildman–Crippen MR) is 40.1 cm³/mol. The Hall–Kier alpha value is -0.900. The van der Waals surface area contributed by atoms with Crippen LogP contribution < -0.4 is 10.6 Å². The Labute approximate surface area is 69.7 Å². The normalized spacial score (nSPS) is 49.7. The van der Waals surface area contributed by atoms with Crippen LogP contribution in [0.4, 0.5) is 0 Å². The van der Waals surface area contributed by atoms with Gasteiger partial charge in [-0.2, -0.15) is 0 Å². The molecule has 4 heteroatoms. The van der Waals surface area contributed by atoms with Gasteiger partial charge in [0.2, 0.25) is 11.8 Å². The topological polar surface area (TPSA) is 58.2 Å². The van der Waals surface area contributed by atoms with Gasteiger partial charge in [0.05, 0.1) is 5.92 Å². The first-order valence-electron chi connectivity index (χ1n) is 4.35. The van der Waals surface area contributed by atoms with Gasteiger partial charge in [-0.05, 0) is 25.3 Å². The van der Waals surface area contributed by atoms with Gasteiger partial charge in [-0.15, -0.1) is 0 Å². The summed E-state index contributed by atoms with van der Waals surface area (Å²) in [5.74, 6) is 0.170. The maximum absolute atomic E-state index is 11.5. The lowest BCUT2D eigenvalue weighted by Crippen LogP contribution is -2.62. The molecule has 0 radical (unpaired) electrons. The molecule has 3 rings (SSSR count). The molecule has 0 aromatic heterocycles. The minimum absolute atomic E-state index is 0.0718. The summed E-state index contributed by atoms with van der Waals surface area (Å²) >= 11 is 0. The molecule has 1 saturated carbocycles. The van der Waals surface area contributed by atoms with E-state index in [9.17, 15) is 9.59 Å². The van der Waals surface area contributed by atoms with Crippen molar-refractivity contribution in [3.8, 4) is 0 Å². The lowest BCUT2D eigenvalue weighted by Gasteiger charge is -2.43. The van der Waals surface area contributed by atoms with E-state index < -0.39 is 5.54 Å². The van der Waals surface area contributed by atoms with Gasteiger partial charge in [0.15, 0.2) is 0 Å². The standard InChI is InChI=1S/C8H10N2O2/c11-6-5-3-4-1-2-9-8(4,5)7(12)10-6/h4-5,9H,1-3H2,(H,10,11,12)/t4-,5+,8-/m0/s1. The number of carbonyl (C=O) groups excluding carboxylic acids is 2. The van der Waals surface area contributed by atoms with Gasteiger partial charge < -0.3 is 5.32 Å². The zero-order valence-corrected chi connectivity index (χ0v) is 6.59. The van der Waals surface area contributed by atoms with Crippen molar-refractivity contribution in [2.24, 2.45) is 11.8 Å². The minimum atomic E-state index is -0.475. The summed E-state index contributed by atoms with van der Waals surface area (Å²) in [5.41, 5.74) is -0.475. The number of imide groups is 1. The summed E-state index contributed by atoms with van der Waals surface area (Å²) in [7, 11) is 0. The zero-order chi connectivity index (χ0) is 8.34. The Balaban J connectivity index is 2.07. The first-order valence-corrected chi connectivity index (χ1v) is 4.35. The first-order chi connectivity index (χ1) is 5.75. The highest BCUT2D eigenvalue weighted by Crippen LogP contribution is 2.52. The molecule has 1 spiro atoms. The molecule has 0 bridgehead atoms. The molecule has 0 unspecified atom stereocenters. The van der Waals surface area contributed by atoms with E-state index in [2.05, 4.69) is 10.6 Å². The van der Waals surface area contributed by atoms with Gasteiger partial charge in [-0.25, -0.2) is 0 Å². The second kappa shape index (κ2) is 1.71. The molecule has 2 saturated heterocycles. The van der Waals surface area contributed by atoms with Gasteiger partial charge in [0.1, 0.15) is 5.54 Å². The predicted octanol–water partition coefficient (Wildman–Crippen LogP) is -0.989. The second-order valence-electron chi connectivity index (χ2n) is 3.89. The lowest BCUT2D eigenvalue weighted by molar-refractivity contribution is -0.131. The number of carbonyl (C=O) groups is 2. The SMILES string of the molecule is O=C1NC(=O)[C@]23NCC[C@H]2C[C@H]13. The van der Waals surface area contributed by atoms with Crippen molar-refractivity contribution in [2.45, 2.75) is 18.4 Å². The fourth-order valence-electron chi connectivity index (χ4n) is 2.89. The van der Waals surface area contributed by atoms with Crippen LogP contribution in [-0.4, -0.2) is 23.9 Å². The summed E-state index contributed by atoms with van der Waals surface area (Å²) in [5, 5.41) is 5.58. The number of amides is 2. The van der Waals surface area contributed by atoms with E-state index >= 15 is 0 Å². The van der Waals surface area contributed by atoms with E-state index in [0.29, 0.717) is 5.92 Å². The van der Waals surface area contributed by atoms with E-state index in [-0.39, 0.29) is 17.7 Å². The fourth-order valence-corrected chi connectivity index (χ4v) is 2.89. The minimum Gasteiger partial charge on any atom is -0.302 e.